The van der Waals surface area contributed by atoms with Gasteiger partial charge in [0.25, 0.3) is 10.0 Å². The van der Waals surface area contributed by atoms with Crippen LogP contribution in [0.4, 0.5) is 5.69 Å². The van der Waals surface area contributed by atoms with E-state index >= 15 is 0 Å². The number of nitrogens with one attached hydrogen (secondary N) is 1. The van der Waals surface area contributed by atoms with Crippen molar-refractivity contribution in [1.82, 2.24) is 10.2 Å². The number of halogens is 3. The molecule has 0 spiro atoms. The van der Waals surface area contributed by atoms with Crippen LogP contribution in [0.15, 0.2) is 95.9 Å². The average Bonchev–Trinajstić information content (AvgIpc) is 3.00. The van der Waals surface area contributed by atoms with E-state index in [1.807, 2.05) is 44.2 Å². The molecule has 45 heavy (non-hydrogen) atoms. The van der Waals surface area contributed by atoms with Crippen molar-refractivity contribution in [2.24, 2.45) is 0 Å². The topological polar surface area (TPSA) is 86.8 Å². The lowest BCUT2D eigenvalue weighted by Crippen LogP contribution is -2.53. The Morgan fingerprint density at radius 1 is 0.822 bits per heavy atom. The Labute approximate surface area is 279 Å². The van der Waals surface area contributed by atoms with Gasteiger partial charge in [-0.25, -0.2) is 8.42 Å². The molecule has 236 valence electrons. The van der Waals surface area contributed by atoms with E-state index in [2.05, 4.69) is 5.32 Å². The van der Waals surface area contributed by atoms with Gasteiger partial charge in [0.15, 0.2) is 0 Å². The first-order valence-electron chi connectivity index (χ1n) is 14.3. The fraction of sp³-hybridized carbons (Fsp3) is 0.235. The molecule has 0 unspecified atom stereocenters. The smallest absolute Gasteiger partial charge is 0.264 e. The van der Waals surface area contributed by atoms with Gasteiger partial charge in [0.2, 0.25) is 11.8 Å². The third-order valence-corrected chi connectivity index (χ3v) is 10.1. The minimum atomic E-state index is -4.25. The van der Waals surface area contributed by atoms with Crippen LogP contribution in [-0.2, 0) is 32.6 Å². The van der Waals surface area contributed by atoms with Crippen LogP contribution in [0.1, 0.15) is 29.2 Å². The maximum Gasteiger partial charge on any atom is 0.264 e. The van der Waals surface area contributed by atoms with Crippen LogP contribution in [-0.4, -0.2) is 44.3 Å². The predicted molar refractivity (Wildman–Crippen MR) is 182 cm³/mol. The van der Waals surface area contributed by atoms with Crippen molar-refractivity contribution in [1.29, 1.82) is 0 Å². The highest BCUT2D eigenvalue weighted by Crippen LogP contribution is 2.29. The zero-order chi connectivity index (χ0) is 32.7. The molecule has 0 bridgehead atoms. The van der Waals surface area contributed by atoms with E-state index in [-0.39, 0.29) is 23.8 Å². The van der Waals surface area contributed by atoms with Gasteiger partial charge in [-0.2, -0.15) is 0 Å². The van der Waals surface area contributed by atoms with Crippen LogP contribution < -0.4 is 9.62 Å². The Kier molecular flexibility index (Phi) is 11.6. The number of sulfonamides is 1. The molecule has 1 atom stereocenters. The standard InChI is InChI=1S/C34H34Cl3N3O4S/c1-4-38-34(42)32(19-25-8-6-5-7-9-25)39(21-26-11-12-28(36)20-31(26)37)33(41)22-40(29-15-10-23(2)24(3)18-29)45(43,44)30-16-13-27(35)14-17-30/h5-18,20,32H,4,19,21-22H2,1-3H3,(H,38,42)/t32-/m0/s1. The van der Waals surface area contributed by atoms with Gasteiger partial charge in [-0.3, -0.25) is 13.9 Å². The second kappa shape index (κ2) is 15.1. The van der Waals surface area contributed by atoms with E-state index < -0.39 is 28.5 Å². The molecule has 0 saturated heterocycles. The fourth-order valence-corrected chi connectivity index (χ4v) is 6.82. The summed E-state index contributed by atoms with van der Waals surface area (Å²) >= 11 is 18.7. The second-order valence-electron chi connectivity index (χ2n) is 10.6. The van der Waals surface area contributed by atoms with Crippen molar-refractivity contribution in [2.75, 3.05) is 17.4 Å². The number of carbonyl (C=O) groups is 2. The first-order valence-corrected chi connectivity index (χ1v) is 16.9. The van der Waals surface area contributed by atoms with Crippen molar-refractivity contribution < 1.29 is 18.0 Å². The molecule has 1 N–H and O–H groups in total. The minimum absolute atomic E-state index is 0.0326. The maximum absolute atomic E-state index is 14.5. The van der Waals surface area contributed by atoms with Crippen molar-refractivity contribution in [2.45, 2.75) is 44.7 Å². The number of amides is 2. The van der Waals surface area contributed by atoms with E-state index in [4.69, 9.17) is 34.8 Å². The van der Waals surface area contributed by atoms with Gasteiger partial charge in [-0.15, -0.1) is 0 Å². The van der Waals surface area contributed by atoms with E-state index in [0.29, 0.717) is 32.9 Å². The van der Waals surface area contributed by atoms with E-state index in [9.17, 15) is 18.0 Å². The molecule has 0 aliphatic rings. The lowest BCUT2D eigenvalue weighted by Gasteiger charge is -2.34. The number of likely N-dealkylation sites (N-methyl/N-ethyl adjacent to an activating group) is 1. The fourth-order valence-electron chi connectivity index (χ4n) is 4.82. The number of carbonyl (C=O) groups excluding carboxylic acids is 2. The largest absolute Gasteiger partial charge is 0.355 e. The van der Waals surface area contributed by atoms with E-state index in [1.165, 1.54) is 29.2 Å². The molecule has 0 fully saturated rings. The second-order valence-corrected chi connectivity index (χ2v) is 13.7. The first-order chi connectivity index (χ1) is 21.4. The first kappa shape index (κ1) is 34.3. The molecular weight excluding hydrogens is 653 g/mol. The van der Waals surface area contributed by atoms with Crippen molar-refractivity contribution >= 4 is 62.3 Å². The monoisotopic (exact) mass is 685 g/mol. The maximum atomic E-state index is 14.5. The van der Waals surface area contributed by atoms with Crippen LogP contribution in [0.25, 0.3) is 0 Å². The Balaban J connectivity index is 1.83. The predicted octanol–water partition coefficient (Wildman–Crippen LogP) is 7.24. The molecule has 0 aliphatic carbocycles. The summed E-state index contributed by atoms with van der Waals surface area (Å²) in [6.45, 7) is 5.27. The molecule has 0 saturated carbocycles. The van der Waals surface area contributed by atoms with Gasteiger partial charge in [0.1, 0.15) is 12.6 Å². The molecular formula is C34H34Cl3N3O4S. The lowest BCUT2D eigenvalue weighted by molar-refractivity contribution is -0.140. The summed E-state index contributed by atoms with van der Waals surface area (Å²) in [5, 5.41) is 3.95. The molecule has 0 aromatic heterocycles. The van der Waals surface area contributed by atoms with Crippen LogP contribution in [0, 0.1) is 13.8 Å². The molecule has 0 aliphatic heterocycles. The summed E-state index contributed by atoms with van der Waals surface area (Å²) in [4.78, 5) is 29.4. The van der Waals surface area contributed by atoms with Crippen LogP contribution in [0.3, 0.4) is 0 Å². The molecule has 4 aromatic carbocycles. The number of rotatable bonds is 12. The zero-order valence-corrected chi connectivity index (χ0v) is 28.2. The molecule has 0 radical (unpaired) electrons. The molecule has 7 nitrogen and oxygen atoms in total. The Hall–Kier alpha value is -3.56. The van der Waals surface area contributed by atoms with Gasteiger partial charge in [0, 0.05) is 34.6 Å². The van der Waals surface area contributed by atoms with Gasteiger partial charge >= 0.3 is 0 Å². The van der Waals surface area contributed by atoms with Crippen molar-refractivity contribution in [3.63, 3.8) is 0 Å². The Bertz CT molecular complexity index is 1770. The highest BCUT2D eigenvalue weighted by molar-refractivity contribution is 7.92. The molecule has 4 rings (SSSR count). The zero-order valence-electron chi connectivity index (χ0n) is 25.1. The molecule has 0 heterocycles. The van der Waals surface area contributed by atoms with Crippen LogP contribution >= 0.6 is 34.8 Å². The van der Waals surface area contributed by atoms with Gasteiger partial charge in [0.05, 0.1) is 10.6 Å². The van der Waals surface area contributed by atoms with Gasteiger partial charge in [-0.1, -0.05) is 77.3 Å². The molecule has 11 heteroatoms. The minimum Gasteiger partial charge on any atom is -0.355 e. The summed E-state index contributed by atoms with van der Waals surface area (Å²) in [5.41, 5.74) is 3.50. The summed E-state index contributed by atoms with van der Waals surface area (Å²) < 4.78 is 29.4. The SMILES string of the molecule is CCNC(=O)[C@H](Cc1ccccc1)N(Cc1ccc(Cl)cc1Cl)C(=O)CN(c1ccc(C)c(C)c1)S(=O)(=O)c1ccc(Cl)cc1. The lowest BCUT2D eigenvalue weighted by atomic mass is 10.0. The molecule has 4 aromatic rings. The number of hydrogen-bond acceptors (Lipinski definition) is 4. The number of hydrogen-bond donors (Lipinski definition) is 1. The Morgan fingerprint density at radius 2 is 1.49 bits per heavy atom. The summed E-state index contributed by atoms with van der Waals surface area (Å²) in [5.74, 6) is -0.970. The van der Waals surface area contributed by atoms with Crippen molar-refractivity contribution in [3.8, 4) is 0 Å². The summed E-state index contributed by atoms with van der Waals surface area (Å²) in [6.07, 6.45) is 0.192. The normalized spacial score (nSPS) is 12.0. The van der Waals surface area contributed by atoms with Gasteiger partial charge in [-0.05, 0) is 91.6 Å². The Morgan fingerprint density at radius 3 is 2.11 bits per heavy atom. The number of anilines is 1. The molecule has 2 amide bonds. The summed E-state index contributed by atoms with van der Waals surface area (Å²) in [7, 11) is -4.25. The number of aryl methyl sites for hydroxylation is 2. The van der Waals surface area contributed by atoms with Crippen molar-refractivity contribution in [3.05, 3.63) is 128 Å². The highest BCUT2D eigenvalue weighted by Gasteiger charge is 2.35. The van der Waals surface area contributed by atoms with Crippen LogP contribution in [0.2, 0.25) is 15.1 Å². The quantitative estimate of drug-likeness (QED) is 0.170. The number of benzene rings is 4. The van der Waals surface area contributed by atoms with E-state index in [0.717, 1.165) is 21.0 Å². The van der Waals surface area contributed by atoms with Crippen LogP contribution in [0.5, 0.6) is 0 Å². The third kappa shape index (κ3) is 8.58. The highest BCUT2D eigenvalue weighted by atomic mass is 35.5. The number of nitrogens with zero attached hydrogens (tertiary/aromatic N) is 2. The van der Waals surface area contributed by atoms with E-state index in [1.54, 1.807) is 43.3 Å². The average molecular weight is 687 g/mol. The van der Waals surface area contributed by atoms with Gasteiger partial charge < -0.3 is 10.2 Å². The third-order valence-electron chi connectivity index (χ3n) is 7.44. The summed E-state index contributed by atoms with van der Waals surface area (Å²) in [6, 6.07) is 24.2.